The average Bonchev–Trinajstić information content (AvgIpc) is 2.40. The van der Waals surface area contributed by atoms with Crippen molar-refractivity contribution in [3.63, 3.8) is 0 Å². The lowest BCUT2D eigenvalue weighted by Crippen LogP contribution is -2.45. The van der Waals surface area contributed by atoms with Gasteiger partial charge in [0.2, 0.25) is 0 Å². The van der Waals surface area contributed by atoms with Crippen molar-refractivity contribution >= 4 is 0 Å². The number of pyridine rings is 1. The van der Waals surface area contributed by atoms with E-state index in [1.54, 1.807) is 19.5 Å². The number of ether oxygens (including phenoxy) is 2. The van der Waals surface area contributed by atoms with Crippen LogP contribution in [-0.4, -0.2) is 24.3 Å². The predicted octanol–water partition coefficient (Wildman–Crippen LogP) is 1.80. The van der Waals surface area contributed by atoms with Crippen molar-refractivity contribution in [2.75, 3.05) is 13.7 Å². The fourth-order valence-electron chi connectivity index (χ4n) is 1.93. The summed E-state index contributed by atoms with van der Waals surface area (Å²) in [5.74, 6) is 6.41. The minimum absolute atomic E-state index is 0.139. The highest BCUT2D eigenvalue weighted by molar-refractivity contribution is 5.27. The number of hydrogen-bond donors (Lipinski definition) is 2. The zero-order chi connectivity index (χ0) is 13.6. The van der Waals surface area contributed by atoms with E-state index >= 15 is 0 Å². The van der Waals surface area contributed by atoms with E-state index in [0.717, 1.165) is 17.7 Å². The number of nitrogens with zero attached hydrogens (tertiary/aromatic N) is 1. The Hall–Kier alpha value is -1.17. The summed E-state index contributed by atoms with van der Waals surface area (Å²) < 4.78 is 11.0. The smallest absolute Gasteiger partial charge is 0.137 e. The molecule has 0 aliphatic carbocycles. The molecule has 0 saturated carbocycles. The Morgan fingerprint density at radius 1 is 1.44 bits per heavy atom. The van der Waals surface area contributed by atoms with Gasteiger partial charge < -0.3 is 9.47 Å². The quantitative estimate of drug-likeness (QED) is 0.573. The van der Waals surface area contributed by atoms with Gasteiger partial charge in [0.1, 0.15) is 5.75 Å². The normalized spacial score (nSPS) is 16.1. The molecular formula is C13H23N3O2. The topological polar surface area (TPSA) is 69.4 Å². The van der Waals surface area contributed by atoms with Crippen molar-refractivity contribution in [1.29, 1.82) is 0 Å². The van der Waals surface area contributed by atoms with Crippen molar-refractivity contribution in [1.82, 2.24) is 10.4 Å². The largest absolute Gasteiger partial charge is 0.492 e. The molecule has 0 amide bonds. The summed E-state index contributed by atoms with van der Waals surface area (Å²) in [6.07, 6.45) is 4.30. The first kappa shape index (κ1) is 14.9. The third-order valence-electron chi connectivity index (χ3n) is 3.32. The van der Waals surface area contributed by atoms with Crippen LogP contribution >= 0.6 is 0 Å². The van der Waals surface area contributed by atoms with Gasteiger partial charge in [-0.1, -0.05) is 6.92 Å². The van der Waals surface area contributed by atoms with Crippen LogP contribution in [0.4, 0.5) is 0 Å². The van der Waals surface area contributed by atoms with Crippen LogP contribution in [0.2, 0.25) is 0 Å². The second-order valence-corrected chi connectivity index (χ2v) is 4.36. The minimum atomic E-state index is -0.388. The molecule has 3 N–H and O–H groups in total. The molecule has 102 valence electrons. The maximum atomic E-state index is 5.67. The van der Waals surface area contributed by atoms with Gasteiger partial charge in [0.15, 0.2) is 0 Å². The fourth-order valence-corrected chi connectivity index (χ4v) is 1.93. The van der Waals surface area contributed by atoms with Gasteiger partial charge in [-0.05, 0) is 31.9 Å². The highest BCUT2D eigenvalue weighted by Crippen LogP contribution is 2.31. The molecule has 5 nitrogen and oxygen atoms in total. The van der Waals surface area contributed by atoms with E-state index in [4.69, 9.17) is 15.3 Å². The number of methoxy groups -OCH3 is 1. The molecule has 0 aromatic carbocycles. The van der Waals surface area contributed by atoms with E-state index in [9.17, 15) is 0 Å². The number of nitrogens with two attached hydrogens (primary N) is 1. The van der Waals surface area contributed by atoms with Crippen LogP contribution < -0.4 is 16.0 Å². The first-order valence-corrected chi connectivity index (χ1v) is 6.20. The predicted molar refractivity (Wildman–Crippen MR) is 71.2 cm³/mol. The zero-order valence-electron chi connectivity index (χ0n) is 11.6. The summed E-state index contributed by atoms with van der Waals surface area (Å²) in [5.41, 5.74) is 3.38. The molecule has 2 unspecified atom stereocenters. The average molecular weight is 253 g/mol. The van der Waals surface area contributed by atoms with E-state index < -0.39 is 0 Å². The van der Waals surface area contributed by atoms with Gasteiger partial charge in [-0.15, -0.1) is 0 Å². The molecular weight excluding hydrogens is 230 g/mol. The standard InChI is InChI=1S/C13H23N3O2/c1-5-13(3,17-4)12(16-14)10-7-11(18-6-2)9-15-8-10/h7-9,12,16H,5-6,14H2,1-4H3. The molecule has 0 radical (unpaired) electrons. The number of hydrazine groups is 1. The Labute approximate surface area is 109 Å². The number of rotatable bonds is 7. The van der Waals surface area contributed by atoms with Crippen molar-refractivity contribution in [2.24, 2.45) is 5.84 Å². The van der Waals surface area contributed by atoms with E-state index in [0.29, 0.717) is 6.61 Å². The minimum Gasteiger partial charge on any atom is -0.492 e. The number of aromatic nitrogens is 1. The van der Waals surface area contributed by atoms with E-state index in [2.05, 4.69) is 17.3 Å². The number of hydrogen-bond acceptors (Lipinski definition) is 5. The molecule has 0 fully saturated rings. The molecule has 1 aromatic rings. The van der Waals surface area contributed by atoms with Crippen LogP contribution in [-0.2, 0) is 4.74 Å². The van der Waals surface area contributed by atoms with E-state index in [1.165, 1.54) is 0 Å². The third-order valence-corrected chi connectivity index (χ3v) is 3.32. The molecule has 0 aliphatic rings. The second kappa shape index (κ2) is 6.68. The number of nitrogens with one attached hydrogen (secondary N) is 1. The summed E-state index contributed by atoms with van der Waals surface area (Å²) in [5, 5.41) is 0. The lowest BCUT2D eigenvalue weighted by Gasteiger charge is -2.35. The monoisotopic (exact) mass is 253 g/mol. The molecule has 1 heterocycles. The van der Waals surface area contributed by atoms with Gasteiger partial charge in [-0.3, -0.25) is 16.3 Å². The zero-order valence-corrected chi connectivity index (χ0v) is 11.6. The van der Waals surface area contributed by atoms with Gasteiger partial charge in [0.05, 0.1) is 24.4 Å². The Kier molecular flexibility index (Phi) is 5.53. The van der Waals surface area contributed by atoms with Crippen molar-refractivity contribution in [2.45, 2.75) is 38.8 Å². The Morgan fingerprint density at radius 2 is 2.17 bits per heavy atom. The summed E-state index contributed by atoms with van der Waals surface area (Å²) in [6, 6.07) is 1.80. The van der Waals surface area contributed by atoms with Crippen LogP contribution in [0.3, 0.4) is 0 Å². The summed E-state index contributed by atoms with van der Waals surface area (Å²) in [7, 11) is 1.69. The summed E-state index contributed by atoms with van der Waals surface area (Å²) in [6.45, 7) is 6.64. The van der Waals surface area contributed by atoms with Gasteiger partial charge in [-0.25, -0.2) is 0 Å². The Morgan fingerprint density at radius 3 is 2.67 bits per heavy atom. The summed E-state index contributed by atoms with van der Waals surface area (Å²) >= 11 is 0. The first-order chi connectivity index (χ1) is 8.61. The second-order valence-electron chi connectivity index (χ2n) is 4.36. The van der Waals surface area contributed by atoms with Crippen molar-refractivity contribution in [3.8, 4) is 5.75 Å². The molecule has 1 rings (SSSR count). The van der Waals surface area contributed by atoms with Crippen LogP contribution in [0.5, 0.6) is 5.75 Å². The molecule has 0 aliphatic heterocycles. The third kappa shape index (κ3) is 3.19. The fraction of sp³-hybridized carbons (Fsp3) is 0.615. The maximum Gasteiger partial charge on any atom is 0.137 e. The van der Waals surface area contributed by atoms with Gasteiger partial charge >= 0.3 is 0 Å². The van der Waals surface area contributed by atoms with Crippen LogP contribution in [0.15, 0.2) is 18.5 Å². The summed E-state index contributed by atoms with van der Waals surface area (Å²) in [4.78, 5) is 4.18. The Balaban J connectivity index is 3.04. The first-order valence-electron chi connectivity index (χ1n) is 6.20. The molecule has 0 spiro atoms. The molecule has 0 bridgehead atoms. The molecule has 1 aromatic heterocycles. The van der Waals surface area contributed by atoms with E-state index in [1.807, 2.05) is 19.9 Å². The van der Waals surface area contributed by atoms with E-state index in [-0.39, 0.29) is 11.6 Å². The molecule has 0 saturated heterocycles. The van der Waals surface area contributed by atoms with Crippen LogP contribution in [0.25, 0.3) is 0 Å². The lowest BCUT2D eigenvalue weighted by atomic mass is 9.89. The van der Waals surface area contributed by atoms with Crippen molar-refractivity contribution < 1.29 is 9.47 Å². The molecule has 18 heavy (non-hydrogen) atoms. The molecule has 2 atom stereocenters. The molecule has 5 heteroatoms. The maximum absolute atomic E-state index is 5.67. The van der Waals surface area contributed by atoms with Crippen molar-refractivity contribution in [3.05, 3.63) is 24.0 Å². The van der Waals surface area contributed by atoms with Crippen LogP contribution in [0, 0.1) is 0 Å². The Bertz CT molecular complexity index is 367. The SMILES string of the molecule is CCOc1cncc(C(NN)C(C)(CC)OC)c1. The van der Waals surface area contributed by atoms with Crippen LogP contribution in [0.1, 0.15) is 38.8 Å². The highest BCUT2D eigenvalue weighted by atomic mass is 16.5. The lowest BCUT2D eigenvalue weighted by molar-refractivity contribution is -0.0301. The van der Waals surface area contributed by atoms with Gasteiger partial charge in [0.25, 0.3) is 0 Å². The van der Waals surface area contributed by atoms with Gasteiger partial charge in [0, 0.05) is 13.3 Å². The highest BCUT2D eigenvalue weighted by Gasteiger charge is 2.33. The van der Waals surface area contributed by atoms with Gasteiger partial charge in [-0.2, -0.15) is 0 Å².